The van der Waals surface area contributed by atoms with Crippen molar-refractivity contribution < 1.29 is 27.4 Å². The number of benzene rings is 1. The van der Waals surface area contributed by atoms with Crippen LogP contribution in [0, 0.1) is 5.92 Å². The van der Waals surface area contributed by atoms with Gasteiger partial charge in [0, 0.05) is 6.54 Å². The third-order valence-corrected chi connectivity index (χ3v) is 3.52. The summed E-state index contributed by atoms with van der Waals surface area (Å²) in [5.74, 6) is 0.771. The minimum atomic E-state index is -4.41. The molecule has 0 aromatic heterocycles. The first kappa shape index (κ1) is 21.4. The van der Waals surface area contributed by atoms with E-state index in [0.717, 1.165) is 6.54 Å². The number of rotatable bonds is 9. The molecule has 1 aromatic rings. The van der Waals surface area contributed by atoms with Crippen LogP contribution in [0.1, 0.15) is 18.4 Å². The molecule has 0 atom stereocenters. The van der Waals surface area contributed by atoms with E-state index in [1.54, 1.807) is 12.1 Å². The van der Waals surface area contributed by atoms with E-state index in [0.29, 0.717) is 11.5 Å². The minimum absolute atomic E-state index is 0. The standard InChI is InChI=1S/C16H21F3N2O3.ClH/c1-23-14-6-12(4-5-13(14)24-10-16(17,18)19)8-21-15(22)9-20-7-11-2-3-11;/h4-6,11,20H,2-3,7-10H2,1H3,(H,21,22);1H. The Morgan fingerprint density at radius 3 is 2.60 bits per heavy atom. The molecule has 0 saturated heterocycles. The molecule has 1 aromatic carbocycles. The number of nitrogens with one attached hydrogen (secondary N) is 2. The second kappa shape index (κ2) is 9.72. The summed E-state index contributed by atoms with van der Waals surface area (Å²) in [5, 5.41) is 5.82. The Labute approximate surface area is 150 Å². The Balaban J connectivity index is 0.00000312. The largest absolute Gasteiger partial charge is 0.493 e. The van der Waals surface area contributed by atoms with Crippen molar-refractivity contribution in [1.29, 1.82) is 0 Å². The molecule has 5 nitrogen and oxygen atoms in total. The summed E-state index contributed by atoms with van der Waals surface area (Å²) in [6, 6.07) is 4.53. The van der Waals surface area contributed by atoms with E-state index in [9.17, 15) is 18.0 Å². The molecule has 1 aliphatic carbocycles. The average molecular weight is 383 g/mol. The van der Waals surface area contributed by atoms with Crippen molar-refractivity contribution in [2.75, 3.05) is 26.8 Å². The zero-order valence-corrected chi connectivity index (χ0v) is 14.6. The first-order valence-corrected chi connectivity index (χ1v) is 7.71. The first-order valence-electron chi connectivity index (χ1n) is 7.71. The lowest BCUT2D eigenvalue weighted by molar-refractivity contribution is -0.153. The summed E-state index contributed by atoms with van der Waals surface area (Å²) >= 11 is 0. The van der Waals surface area contributed by atoms with Crippen LogP contribution < -0.4 is 20.1 Å². The molecule has 0 bridgehead atoms. The number of hydrogen-bond acceptors (Lipinski definition) is 4. The summed E-state index contributed by atoms with van der Waals surface area (Å²) in [6.45, 7) is -0.0150. The smallest absolute Gasteiger partial charge is 0.422 e. The molecule has 25 heavy (non-hydrogen) atoms. The van der Waals surface area contributed by atoms with E-state index in [4.69, 9.17) is 9.47 Å². The van der Waals surface area contributed by atoms with Crippen LogP contribution in [-0.2, 0) is 11.3 Å². The van der Waals surface area contributed by atoms with Crippen molar-refractivity contribution in [2.45, 2.75) is 25.6 Å². The van der Waals surface area contributed by atoms with Crippen LogP contribution >= 0.6 is 12.4 Å². The number of halogens is 4. The van der Waals surface area contributed by atoms with Gasteiger partial charge in [0.05, 0.1) is 13.7 Å². The lowest BCUT2D eigenvalue weighted by atomic mass is 10.2. The molecule has 1 aliphatic rings. The molecule has 2 N–H and O–H groups in total. The topological polar surface area (TPSA) is 59.6 Å². The van der Waals surface area contributed by atoms with Gasteiger partial charge in [0.2, 0.25) is 5.91 Å². The Hall–Kier alpha value is -1.67. The van der Waals surface area contributed by atoms with Crippen molar-refractivity contribution in [3.63, 3.8) is 0 Å². The van der Waals surface area contributed by atoms with E-state index in [-0.39, 0.29) is 42.9 Å². The number of ether oxygens (including phenoxy) is 2. The van der Waals surface area contributed by atoms with Crippen LogP contribution in [-0.4, -0.2) is 38.9 Å². The summed E-state index contributed by atoms with van der Waals surface area (Å²) in [4.78, 5) is 11.7. The van der Waals surface area contributed by atoms with Crippen molar-refractivity contribution in [1.82, 2.24) is 10.6 Å². The molecule has 1 fully saturated rings. The fourth-order valence-electron chi connectivity index (χ4n) is 2.08. The second-order valence-electron chi connectivity index (χ2n) is 5.74. The number of hydrogen-bond donors (Lipinski definition) is 2. The third kappa shape index (κ3) is 8.31. The SMILES string of the molecule is COc1cc(CNC(=O)CNCC2CC2)ccc1OCC(F)(F)F.Cl. The maximum Gasteiger partial charge on any atom is 0.422 e. The van der Waals surface area contributed by atoms with Gasteiger partial charge in [-0.05, 0) is 43.0 Å². The number of methoxy groups -OCH3 is 1. The Morgan fingerprint density at radius 2 is 2.00 bits per heavy atom. The van der Waals surface area contributed by atoms with E-state index >= 15 is 0 Å². The molecule has 9 heteroatoms. The van der Waals surface area contributed by atoms with Crippen LogP contribution in [0.3, 0.4) is 0 Å². The van der Waals surface area contributed by atoms with Gasteiger partial charge in [-0.2, -0.15) is 13.2 Å². The van der Waals surface area contributed by atoms with E-state index in [2.05, 4.69) is 10.6 Å². The number of carbonyl (C=O) groups is 1. The monoisotopic (exact) mass is 382 g/mol. The van der Waals surface area contributed by atoms with Gasteiger partial charge in [-0.1, -0.05) is 6.07 Å². The van der Waals surface area contributed by atoms with Gasteiger partial charge in [-0.25, -0.2) is 0 Å². The van der Waals surface area contributed by atoms with Gasteiger partial charge in [0.1, 0.15) is 0 Å². The van der Waals surface area contributed by atoms with Gasteiger partial charge >= 0.3 is 6.18 Å². The predicted octanol–water partition coefficient (Wildman–Crippen LogP) is 2.67. The number of carbonyl (C=O) groups excluding carboxylic acids is 1. The van der Waals surface area contributed by atoms with Gasteiger partial charge in [-0.3, -0.25) is 4.79 Å². The second-order valence-corrected chi connectivity index (χ2v) is 5.74. The highest BCUT2D eigenvalue weighted by Gasteiger charge is 2.29. The van der Waals surface area contributed by atoms with Crippen LogP contribution in [0.15, 0.2) is 18.2 Å². The average Bonchev–Trinajstić information content (AvgIpc) is 3.34. The third-order valence-electron chi connectivity index (χ3n) is 3.52. The van der Waals surface area contributed by atoms with E-state index in [1.165, 1.54) is 26.0 Å². The van der Waals surface area contributed by atoms with Crippen LogP contribution in [0.2, 0.25) is 0 Å². The highest BCUT2D eigenvalue weighted by Crippen LogP contribution is 2.30. The lowest BCUT2D eigenvalue weighted by Gasteiger charge is -2.14. The molecule has 2 rings (SSSR count). The van der Waals surface area contributed by atoms with Crippen LogP contribution in [0.4, 0.5) is 13.2 Å². The molecular weight excluding hydrogens is 361 g/mol. The number of amides is 1. The Kier molecular flexibility index (Phi) is 8.31. The Morgan fingerprint density at radius 1 is 1.28 bits per heavy atom. The van der Waals surface area contributed by atoms with E-state index in [1.807, 2.05) is 0 Å². The number of alkyl halides is 3. The van der Waals surface area contributed by atoms with Gasteiger partial charge in [0.25, 0.3) is 0 Å². The fourth-order valence-corrected chi connectivity index (χ4v) is 2.08. The molecule has 1 saturated carbocycles. The zero-order chi connectivity index (χ0) is 17.6. The molecule has 0 radical (unpaired) electrons. The maximum atomic E-state index is 12.2. The zero-order valence-electron chi connectivity index (χ0n) is 13.8. The van der Waals surface area contributed by atoms with Crippen molar-refractivity contribution in [3.05, 3.63) is 23.8 Å². The highest BCUT2D eigenvalue weighted by molar-refractivity contribution is 5.85. The molecule has 1 amide bonds. The minimum Gasteiger partial charge on any atom is -0.493 e. The maximum absolute atomic E-state index is 12.2. The van der Waals surface area contributed by atoms with Gasteiger partial charge in [-0.15, -0.1) is 12.4 Å². The molecule has 0 spiro atoms. The highest BCUT2D eigenvalue weighted by atomic mass is 35.5. The molecule has 0 heterocycles. The van der Waals surface area contributed by atoms with Crippen LogP contribution in [0.5, 0.6) is 11.5 Å². The normalized spacial score (nSPS) is 13.8. The van der Waals surface area contributed by atoms with Gasteiger partial charge < -0.3 is 20.1 Å². The quantitative estimate of drug-likeness (QED) is 0.689. The fraction of sp³-hybridized carbons (Fsp3) is 0.562. The molecule has 142 valence electrons. The van der Waals surface area contributed by atoms with E-state index < -0.39 is 12.8 Å². The Bertz CT molecular complexity index is 566. The van der Waals surface area contributed by atoms with Gasteiger partial charge in [0.15, 0.2) is 18.1 Å². The van der Waals surface area contributed by atoms with Crippen LogP contribution in [0.25, 0.3) is 0 Å². The molecule has 0 aliphatic heterocycles. The lowest BCUT2D eigenvalue weighted by Crippen LogP contribution is -2.34. The summed E-state index contributed by atoms with van der Waals surface area (Å²) < 4.78 is 46.4. The molecular formula is C16H22ClF3N2O3. The predicted molar refractivity (Wildman–Crippen MR) is 89.2 cm³/mol. The summed E-state index contributed by atoms with van der Waals surface area (Å²) in [7, 11) is 1.35. The van der Waals surface area contributed by atoms with Crippen molar-refractivity contribution in [3.8, 4) is 11.5 Å². The van der Waals surface area contributed by atoms with Crippen molar-refractivity contribution in [2.24, 2.45) is 5.92 Å². The first-order chi connectivity index (χ1) is 11.4. The summed E-state index contributed by atoms with van der Waals surface area (Å²) in [5.41, 5.74) is 0.710. The van der Waals surface area contributed by atoms with Crippen molar-refractivity contribution >= 4 is 18.3 Å². The molecule has 0 unspecified atom stereocenters. The summed E-state index contributed by atoms with van der Waals surface area (Å²) in [6.07, 6.45) is -1.97.